The van der Waals surface area contributed by atoms with E-state index in [1.165, 1.54) is 12.8 Å². The number of aliphatic hydroxyl groups is 4. The van der Waals surface area contributed by atoms with Crippen LogP contribution in [0.15, 0.2) is 11.6 Å². The molecule has 1 heterocycles. The predicted molar refractivity (Wildman–Crippen MR) is 170 cm³/mol. The van der Waals surface area contributed by atoms with E-state index in [-0.39, 0.29) is 59.6 Å². The largest absolute Gasteiger partial charge is 0.394 e. The molecule has 0 aromatic heterocycles. The summed E-state index contributed by atoms with van der Waals surface area (Å²) in [7, 11) is 1.69. The van der Waals surface area contributed by atoms with Gasteiger partial charge < -0.3 is 34.6 Å². The Morgan fingerprint density at radius 3 is 2.49 bits per heavy atom. The SMILES string of the molecule is COCCCO[C@H]1CC[C@@]2(C)[C@@H](C1)C(=O)C=C1[C@@H]2CC[C@]2(C)[C@@H]([C@](C)(O)[C@H](O)[C@H]3O[C@@H](CO)[C@H](C4CCCC4)[C@H]3C)CC[C@@]12O. The van der Waals surface area contributed by atoms with E-state index in [9.17, 15) is 25.2 Å². The molecule has 0 radical (unpaired) electrons. The third-order valence-electron chi connectivity index (χ3n) is 14.5. The molecule has 4 saturated carbocycles. The van der Waals surface area contributed by atoms with Crippen molar-refractivity contribution in [3.05, 3.63) is 11.6 Å². The van der Waals surface area contributed by atoms with Gasteiger partial charge in [-0.2, -0.15) is 0 Å². The normalized spacial score (nSPS) is 47.1. The van der Waals surface area contributed by atoms with Crippen LogP contribution >= 0.6 is 0 Å². The van der Waals surface area contributed by atoms with Crippen molar-refractivity contribution >= 4 is 5.78 Å². The van der Waals surface area contributed by atoms with Crippen molar-refractivity contribution < 1.29 is 39.4 Å². The lowest BCUT2D eigenvalue weighted by Crippen LogP contribution is -2.63. The van der Waals surface area contributed by atoms with Crippen LogP contribution in [-0.4, -0.2) is 88.8 Å². The quantitative estimate of drug-likeness (QED) is 0.258. The van der Waals surface area contributed by atoms with Crippen molar-refractivity contribution in [2.24, 2.45) is 46.3 Å². The van der Waals surface area contributed by atoms with Gasteiger partial charge in [-0.15, -0.1) is 0 Å². The Kier molecular flexibility index (Phi) is 9.48. The summed E-state index contributed by atoms with van der Waals surface area (Å²) in [5, 5.41) is 47.1. The molecule has 1 saturated heterocycles. The Labute approximate surface area is 270 Å². The molecule has 13 atom stereocenters. The minimum absolute atomic E-state index is 0.00481. The van der Waals surface area contributed by atoms with Gasteiger partial charge in [-0.3, -0.25) is 4.79 Å². The van der Waals surface area contributed by atoms with E-state index in [0.717, 1.165) is 56.9 Å². The molecule has 0 spiro atoms. The molecule has 0 bridgehead atoms. The minimum atomic E-state index is -1.51. The fourth-order valence-corrected chi connectivity index (χ4v) is 12.0. The molecule has 8 nitrogen and oxygen atoms in total. The zero-order chi connectivity index (χ0) is 32.4. The third-order valence-corrected chi connectivity index (χ3v) is 14.5. The van der Waals surface area contributed by atoms with Gasteiger partial charge in [0.1, 0.15) is 6.10 Å². The maximum atomic E-state index is 13.9. The van der Waals surface area contributed by atoms with E-state index in [1.807, 2.05) is 0 Å². The number of carbonyl (C=O) groups is 1. The van der Waals surface area contributed by atoms with Gasteiger partial charge in [-0.05, 0) is 105 Å². The Balaban J connectivity index is 1.22. The van der Waals surface area contributed by atoms with Crippen molar-refractivity contribution in [2.75, 3.05) is 26.9 Å². The molecule has 0 aromatic rings. The summed E-state index contributed by atoms with van der Waals surface area (Å²) in [6.45, 7) is 9.38. The summed E-state index contributed by atoms with van der Waals surface area (Å²) in [6.07, 6.45) is 10.4. The molecule has 5 aliphatic carbocycles. The van der Waals surface area contributed by atoms with E-state index in [0.29, 0.717) is 32.0 Å². The van der Waals surface area contributed by atoms with Crippen molar-refractivity contribution in [1.29, 1.82) is 0 Å². The maximum Gasteiger partial charge on any atom is 0.159 e. The number of hydrogen-bond donors (Lipinski definition) is 4. The van der Waals surface area contributed by atoms with Crippen LogP contribution in [-0.2, 0) is 19.0 Å². The summed E-state index contributed by atoms with van der Waals surface area (Å²) in [5.41, 5.74) is -2.80. The molecule has 6 aliphatic rings. The number of ether oxygens (including phenoxy) is 3. The van der Waals surface area contributed by atoms with Gasteiger partial charge in [0.05, 0.1) is 36.1 Å². The predicted octanol–water partition coefficient (Wildman–Crippen LogP) is 4.60. The number of carbonyl (C=O) groups excluding carboxylic acids is 1. The van der Waals surface area contributed by atoms with Crippen molar-refractivity contribution in [2.45, 2.75) is 140 Å². The van der Waals surface area contributed by atoms with E-state index in [4.69, 9.17) is 14.2 Å². The van der Waals surface area contributed by atoms with Gasteiger partial charge in [0.25, 0.3) is 0 Å². The van der Waals surface area contributed by atoms with Crippen LogP contribution in [0.2, 0.25) is 0 Å². The van der Waals surface area contributed by atoms with Crippen LogP contribution in [0.1, 0.15) is 105 Å². The Morgan fingerprint density at radius 2 is 1.80 bits per heavy atom. The monoisotopic (exact) mass is 632 g/mol. The first-order valence-corrected chi connectivity index (χ1v) is 18.1. The lowest BCUT2D eigenvalue weighted by Gasteiger charge is -2.60. The average Bonchev–Trinajstić information content (AvgIpc) is 3.72. The highest BCUT2D eigenvalue weighted by molar-refractivity contribution is 5.95. The Bertz CT molecular complexity index is 1120. The van der Waals surface area contributed by atoms with Gasteiger partial charge in [-0.1, -0.05) is 46.5 Å². The van der Waals surface area contributed by atoms with Gasteiger partial charge in [0, 0.05) is 31.7 Å². The molecule has 0 amide bonds. The highest BCUT2D eigenvalue weighted by Gasteiger charge is 2.69. The number of rotatable bonds is 10. The van der Waals surface area contributed by atoms with Gasteiger partial charge >= 0.3 is 0 Å². The molecule has 5 fully saturated rings. The van der Waals surface area contributed by atoms with E-state index >= 15 is 0 Å². The van der Waals surface area contributed by atoms with Crippen LogP contribution < -0.4 is 0 Å². The second-order valence-electron chi connectivity index (χ2n) is 16.6. The molecule has 0 aromatic carbocycles. The van der Waals surface area contributed by atoms with E-state index < -0.39 is 28.8 Å². The zero-order valence-electron chi connectivity index (χ0n) is 28.4. The first kappa shape index (κ1) is 34.0. The Hall–Kier alpha value is -0.870. The topological polar surface area (TPSA) is 126 Å². The smallest absolute Gasteiger partial charge is 0.159 e. The van der Waals surface area contributed by atoms with Crippen LogP contribution in [0.5, 0.6) is 0 Å². The second kappa shape index (κ2) is 12.5. The molecule has 1 aliphatic heterocycles. The highest BCUT2D eigenvalue weighted by Crippen LogP contribution is 2.69. The molecule has 4 N–H and O–H groups in total. The second-order valence-corrected chi connectivity index (χ2v) is 16.6. The van der Waals surface area contributed by atoms with Crippen LogP contribution in [0.25, 0.3) is 0 Å². The molecule has 8 heteroatoms. The Morgan fingerprint density at radius 1 is 1.07 bits per heavy atom. The summed E-state index contributed by atoms with van der Waals surface area (Å²) >= 11 is 0. The average molecular weight is 633 g/mol. The lowest BCUT2D eigenvalue weighted by atomic mass is 9.46. The van der Waals surface area contributed by atoms with Crippen LogP contribution in [0.3, 0.4) is 0 Å². The fraction of sp³-hybridized carbons (Fsp3) is 0.919. The summed E-state index contributed by atoms with van der Waals surface area (Å²) in [6, 6.07) is 0. The van der Waals surface area contributed by atoms with Crippen LogP contribution in [0.4, 0.5) is 0 Å². The first-order valence-electron chi connectivity index (χ1n) is 18.1. The number of aliphatic hydroxyl groups excluding tert-OH is 2. The zero-order valence-corrected chi connectivity index (χ0v) is 28.4. The molecular formula is C37H60O8. The number of ketones is 1. The third kappa shape index (κ3) is 5.32. The van der Waals surface area contributed by atoms with Crippen molar-refractivity contribution in [3.8, 4) is 0 Å². The number of allylic oxidation sites excluding steroid dienone is 1. The number of methoxy groups -OCH3 is 1. The number of hydrogen-bond acceptors (Lipinski definition) is 8. The van der Waals surface area contributed by atoms with Crippen LogP contribution in [0, 0.1) is 46.3 Å². The summed E-state index contributed by atoms with van der Waals surface area (Å²) in [5.74, 6) is 0.359. The summed E-state index contributed by atoms with van der Waals surface area (Å²) in [4.78, 5) is 13.9. The van der Waals surface area contributed by atoms with Gasteiger partial charge in [-0.25, -0.2) is 0 Å². The standard InChI is InChI=1S/C37H60O8/c1-22-31(23-9-6-7-10-23)29(21-38)45-32(22)33(40)36(4,41)30-13-16-37(42)26-20-28(39)27-19-24(44-18-8-17-43-5)11-14-34(27,2)25(26)12-15-35(30,37)3/h20,22-25,27,29-33,38,40-42H,6-19,21H2,1-5H3/t22-,24+,25+,27+,29+,30+,31+,32+,33-,34-,35-,36+,37-/m1/s1. The van der Waals surface area contributed by atoms with E-state index in [2.05, 4.69) is 20.8 Å². The maximum absolute atomic E-state index is 13.9. The van der Waals surface area contributed by atoms with Gasteiger partial charge in [0.2, 0.25) is 0 Å². The van der Waals surface area contributed by atoms with E-state index in [1.54, 1.807) is 20.1 Å². The molecule has 45 heavy (non-hydrogen) atoms. The minimum Gasteiger partial charge on any atom is -0.394 e. The number of fused-ring (bicyclic) bond motifs is 5. The molecule has 0 unspecified atom stereocenters. The highest BCUT2D eigenvalue weighted by atomic mass is 16.5. The molecule has 256 valence electrons. The molecular weight excluding hydrogens is 572 g/mol. The van der Waals surface area contributed by atoms with Crippen molar-refractivity contribution in [1.82, 2.24) is 0 Å². The summed E-state index contributed by atoms with van der Waals surface area (Å²) < 4.78 is 17.7. The van der Waals surface area contributed by atoms with Crippen molar-refractivity contribution in [3.63, 3.8) is 0 Å². The van der Waals surface area contributed by atoms with Gasteiger partial charge in [0.15, 0.2) is 5.78 Å². The molecule has 6 rings (SSSR count). The first-order chi connectivity index (χ1) is 21.3. The lowest BCUT2D eigenvalue weighted by molar-refractivity contribution is -0.197. The fourth-order valence-electron chi connectivity index (χ4n) is 12.0.